The van der Waals surface area contributed by atoms with Crippen LogP contribution in [0.4, 0.5) is 5.69 Å². The standard InChI is InChI=1S/C18H21N3O2.2ClH/c1-11-5-4-6-14(20-11)17(22)21-15-10-18(2,3)23-16-8-7-12(19)9-13(15)16;;/h4-9,15H,10,19H2,1-3H3,(H,21,22);2*1H. The van der Waals surface area contributed by atoms with E-state index in [0.29, 0.717) is 17.8 Å². The number of hydrogen-bond acceptors (Lipinski definition) is 4. The minimum absolute atomic E-state index is 0. The molecule has 0 bridgehead atoms. The number of aryl methyl sites for hydroxylation is 1. The van der Waals surface area contributed by atoms with Crippen molar-refractivity contribution >= 4 is 36.4 Å². The molecule has 5 nitrogen and oxygen atoms in total. The summed E-state index contributed by atoms with van der Waals surface area (Å²) in [7, 11) is 0. The Balaban J connectivity index is 0.00000156. The maximum Gasteiger partial charge on any atom is 0.270 e. The normalized spacial score (nSPS) is 17.2. The minimum atomic E-state index is -0.360. The van der Waals surface area contributed by atoms with Crippen LogP contribution >= 0.6 is 24.8 Å². The zero-order valence-corrected chi connectivity index (χ0v) is 16.0. The molecule has 25 heavy (non-hydrogen) atoms. The highest BCUT2D eigenvalue weighted by Crippen LogP contribution is 2.40. The van der Waals surface area contributed by atoms with Crippen molar-refractivity contribution in [2.24, 2.45) is 0 Å². The number of nitrogens with two attached hydrogens (primary N) is 1. The average molecular weight is 384 g/mol. The predicted octanol–water partition coefficient (Wildman–Crippen LogP) is 3.85. The van der Waals surface area contributed by atoms with E-state index in [-0.39, 0.29) is 42.4 Å². The molecule has 2 aromatic rings. The second-order valence-corrected chi connectivity index (χ2v) is 6.55. The smallest absolute Gasteiger partial charge is 0.270 e. The quantitative estimate of drug-likeness (QED) is 0.772. The Morgan fingerprint density at radius 3 is 2.68 bits per heavy atom. The van der Waals surface area contributed by atoms with E-state index in [4.69, 9.17) is 10.5 Å². The zero-order valence-electron chi connectivity index (χ0n) is 14.4. The molecule has 136 valence electrons. The summed E-state index contributed by atoms with van der Waals surface area (Å²) in [5, 5.41) is 3.06. The van der Waals surface area contributed by atoms with Gasteiger partial charge in [-0.2, -0.15) is 0 Å². The van der Waals surface area contributed by atoms with Crippen LogP contribution in [-0.2, 0) is 0 Å². The Labute approximate surface area is 160 Å². The highest BCUT2D eigenvalue weighted by molar-refractivity contribution is 5.92. The van der Waals surface area contributed by atoms with E-state index in [9.17, 15) is 4.79 Å². The fourth-order valence-electron chi connectivity index (χ4n) is 2.90. The van der Waals surface area contributed by atoms with Crippen LogP contribution < -0.4 is 15.8 Å². The lowest BCUT2D eigenvalue weighted by molar-refractivity contribution is 0.0618. The van der Waals surface area contributed by atoms with Gasteiger partial charge in [-0.25, -0.2) is 4.98 Å². The number of pyridine rings is 1. The number of carbonyl (C=O) groups excluding carboxylic acids is 1. The van der Waals surface area contributed by atoms with Crippen LogP contribution in [0.15, 0.2) is 36.4 Å². The van der Waals surface area contributed by atoms with Crippen molar-refractivity contribution in [2.45, 2.75) is 38.8 Å². The fraction of sp³-hybridized carbons (Fsp3) is 0.333. The first-order valence-electron chi connectivity index (χ1n) is 7.67. The van der Waals surface area contributed by atoms with Gasteiger partial charge in [0.1, 0.15) is 17.0 Å². The first-order chi connectivity index (χ1) is 10.8. The highest BCUT2D eigenvalue weighted by atomic mass is 35.5. The number of aromatic nitrogens is 1. The lowest BCUT2D eigenvalue weighted by Crippen LogP contribution is -2.41. The van der Waals surface area contributed by atoms with Crippen LogP contribution in [0.25, 0.3) is 0 Å². The van der Waals surface area contributed by atoms with E-state index in [1.165, 1.54) is 0 Å². The molecular formula is C18H23Cl2N3O2. The molecular weight excluding hydrogens is 361 g/mol. The van der Waals surface area contributed by atoms with Crippen LogP contribution in [0.5, 0.6) is 5.75 Å². The van der Waals surface area contributed by atoms with Crippen LogP contribution in [0.1, 0.15) is 48.1 Å². The maximum atomic E-state index is 12.5. The third kappa shape index (κ3) is 4.77. The van der Waals surface area contributed by atoms with Gasteiger partial charge >= 0.3 is 0 Å². The summed E-state index contributed by atoms with van der Waals surface area (Å²) in [5.74, 6) is 0.572. The van der Waals surface area contributed by atoms with Crippen LogP contribution in [0, 0.1) is 6.92 Å². The summed E-state index contributed by atoms with van der Waals surface area (Å²) >= 11 is 0. The molecule has 0 spiro atoms. The molecule has 0 fully saturated rings. The second-order valence-electron chi connectivity index (χ2n) is 6.55. The number of carbonyl (C=O) groups is 1. The van der Waals surface area contributed by atoms with Crippen LogP contribution in [0.3, 0.4) is 0 Å². The summed E-state index contributed by atoms with van der Waals surface area (Å²) in [5.41, 5.74) is 8.32. The van der Waals surface area contributed by atoms with E-state index in [1.54, 1.807) is 12.1 Å². The number of nitrogen functional groups attached to an aromatic ring is 1. The van der Waals surface area contributed by atoms with Gasteiger partial charge in [0.2, 0.25) is 0 Å². The third-order valence-corrected chi connectivity index (χ3v) is 3.92. The summed E-state index contributed by atoms with van der Waals surface area (Å²) in [6.45, 7) is 5.89. The van der Waals surface area contributed by atoms with Crippen molar-refractivity contribution in [3.8, 4) is 5.75 Å². The summed E-state index contributed by atoms with van der Waals surface area (Å²) in [4.78, 5) is 16.8. The molecule has 3 N–H and O–H groups in total. The van der Waals surface area contributed by atoms with Crippen molar-refractivity contribution in [1.82, 2.24) is 10.3 Å². The molecule has 0 radical (unpaired) electrons. The fourth-order valence-corrected chi connectivity index (χ4v) is 2.90. The van der Waals surface area contributed by atoms with Gasteiger partial charge in [0.05, 0.1) is 6.04 Å². The Hall–Kier alpha value is -1.98. The topological polar surface area (TPSA) is 77.2 Å². The Kier molecular flexibility index (Phi) is 6.68. The number of rotatable bonds is 2. The van der Waals surface area contributed by atoms with Gasteiger partial charge in [0, 0.05) is 23.4 Å². The van der Waals surface area contributed by atoms with Gasteiger partial charge in [0.25, 0.3) is 5.91 Å². The van der Waals surface area contributed by atoms with Crippen molar-refractivity contribution < 1.29 is 9.53 Å². The molecule has 0 saturated carbocycles. The number of ether oxygens (including phenoxy) is 1. The number of halogens is 2. The van der Waals surface area contributed by atoms with Crippen molar-refractivity contribution in [3.63, 3.8) is 0 Å². The molecule has 3 rings (SSSR count). The van der Waals surface area contributed by atoms with E-state index in [1.807, 2.05) is 45.0 Å². The molecule has 1 aromatic carbocycles. The first kappa shape index (κ1) is 21.1. The second kappa shape index (κ2) is 7.93. The number of fused-ring (bicyclic) bond motifs is 1. The Morgan fingerprint density at radius 1 is 1.28 bits per heavy atom. The first-order valence-corrected chi connectivity index (χ1v) is 7.67. The monoisotopic (exact) mass is 383 g/mol. The number of hydrogen-bond donors (Lipinski definition) is 2. The molecule has 1 unspecified atom stereocenters. The SMILES string of the molecule is Cc1cccc(C(=O)NC2CC(C)(C)Oc3ccc(N)cc32)n1.Cl.Cl. The van der Waals surface area contributed by atoms with Crippen molar-refractivity contribution in [2.75, 3.05) is 5.73 Å². The maximum absolute atomic E-state index is 12.5. The summed E-state index contributed by atoms with van der Waals surface area (Å²) < 4.78 is 5.99. The van der Waals surface area contributed by atoms with E-state index in [0.717, 1.165) is 17.0 Å². The molecule has 2 heterocycles. The molecule has 1 atom stereocenters. The van der Waals surface area contributed by atoms with Gasteiger partial charge in [-0.1, -0.05) is 6.07 Å². The largest absolute Gasteiger partial charge is 0.487 e. The number of nitrogens with zero attached hydrogens (tertiary/aromatic N) is 1. The summed E-state index contributed by atoms with van der Waals surface area (Å²) in [6.07, 6.45) is 0.668. The zero-order chi connectivity index (χ0) is 16.6. The van der Waals surface area contributed by atoms with Gasteiger partial charge in [-0.05, 0) is 51.1 Å². The van der Waals surface area contributed by atoms with Crippen LogP contribution in [-0.4, -0.2) is 16.5 Å². The van der Waals surface area contributed by atoms with Crippen molar-refractivity contribution in [3.05, 3.63) is 53.3 Å². The molecule has 7 heteroatoms. The lowest BCUT2D eigenvalue weighted by atomic mass is 9.89. The van der Waals surface area contributed by atoms with Gasteiger partial charge < -0.3 is 15.8 Å². The Morgan fingerprint density at radius 2 is 2.00 bits per heavy atom. The molecule has 1 aliphatic rings. The van der Waals surface area contributed by atoms with Gasteiger partial charge in [-0.15, -0.1) is 24.8 Å². The number of nitrogens with one attached hydrogen (secondary N) is 1. The average Bonchev–Trinajstić information content (AvgIpc) is 2.47. The van der Waals surface area contributed by atoms with Crippen molar-refractivity contribution in [1.29, 1.82) is 0 Å². The molecule has 1 aliphatic heterocycles. The predicted molar refractivity (Wildman–Crippen MR) is 104 cm³/mol. The third-order valence-electron chi connectivity index (χ3n) is 3.92. The number of amides is 1. The van der Waals surface area contributed by atoms with E-state index >= 15 is 0 Å². The summed E-state index contributed by atoms with van der Waals surface area (Å²) in [6, 6.07) is 10.8. The molecule has 1 aromatic heterocycles. The van der Waals surface area contributed by atoms with Gasteiger partial charge in [-0.3, -0.25) is 4.79 Å². The minimum Gasteiger partial charge on any atom is -0.487 e. The lowest BCUT2D eigenvalue weighted by Gasteiger charge is -2.38. The van der Waals surface area contributed by atoms with E-state index in [2.05, 4.69) is 10.3 Å². The van der Waals surface area contributed by atoms with E-state index < -0.39 is 0 Å². The molecule has 1 amide bonds. The Bertz CT molecular complexity index is 766. The highest BCUT2D eigenvalue weighted by Gasteiger charge is 2.34. The van der Waals surface area contributed by atoms with Crippen LogP contribution in [0.2, 0.25) is 0 Å². The molecule has 0 saturated heterocycles. The van der Waals surface area contributed by atoms with Gasteiger partial charge in [0.15, 0.2) is 0 Å². The number of anilines is 1. The number of benzene rings is 1. The molecule has 0 aliphatic carbocycles.